The van der Waals surface area contributed by atoms with Gasteiger partial charge in [-0.2, -0.15) is 0 Å². The molecule has 1 aromatic carbocycles. The molecule has 0 bridgehead atoms. The van der Waals surface area contributed by atoms with Gasteiger partial charge in [0.1, 0.15) is 0 Å². The molecule has 2 N–H and O–H groups in total. The van der Waals surface area contributed by atoms with Gasteiger partial charge in [-0.3, -0.25) is 9.59 Å². The molecule has 18 heavy (non-hydrogen) atoms. The van der Waals surface area contributed by atoms with E-state index in [1.807, 2.05) is 31.3 Å². The van der Waals surface area contributed by atoms with Gasteiger partial charge in [0, 0.05) is 18.8 Å². The van der Waals surface area contributed by atoms with Crippen LogP contribution in [0.2, 0.25) is 0 Å². The molecule has 96 valence electrons. The van der Waals surface area contributed by atoms with Crippen LogP contribution in [0.1, 0.15) is 5.56 Å². The molecule has 5 heteroatoms. The number of anilines is 1. The Bertz CT molecular complexity index is 459. The molecule has 1 fully saturated rings. The van der Waals surface area contributed by atoms with Gasteiger partial charge in [-0.05, 0) is 31.6 Å². The maximum atomic E-state index is 11.9. The summed E-state index contributed by atoms with van der Waals surface area (Å²) in [7, 11) is 1.89. The minimum atomic E-state index is -0.523. The van der Waals surface area contributed by atoms with Crippen LogP contribution in [0.5, 0.6) is 0 Å². The van der Waals surface area contributed by atoms with E-state index in [4.69, 9.17) is 0 Å². The van der Waals surface area contributed by atoms with Crippen LogP contribution in [-0.4, -0.2) is 38.5 Å². The summed E-state index contributed by atoms with van der Waals surface area (Å²) in [5, 5.41) is 5.64. The standard InChI is InChI=1S/C13H17N3O2/c1-14-7-6-10-4-2-3-5-11(10)16-9-8-15-12(17)13(16)18/h2-5,14H,6-9H2,1H3,(H,15,17). The second-order valence-electron chi connectivity index (χ2n) is 4.19. The van der Waals surface area contributed by atoms with Crippen LogP contribution >= 0.6 is 0 Å². The number of nitrogens with zero attached hydrogens (tertiary/aromatic N) is 1. The van der Waals surface area contributed by atoms with Gasteiger partial charge in [-0.15, -0.1) is 0 Å². The summed E-state index contributed by atoms with van der Waals surface area (Å²) in [6.45, 7) is 1.87. The molecule has 0 aromatic heterocycles. The van der Waals surface area contributed by atoms with E-state index >= 15 is 0 Å². The average molecular weight is 247 g/mol. The summed E-state index contributed by atoms with van der Waals surface area (Å²) in [4.78, 5) is 24.8. The number of likely N-dealkylation sites (N-methyl/N-ethyl adjacent to an activating group) is 1. The van der Waals surface area contributed by atoms with Crippen LogP contribution in [-0.2, 0) is 16.0 Å². The smallest absolute Gasteiger partial charge is 0.316 e. The van der Waals surface area contributed by atoms with Gasteiger partial charge in [-0.25, -0.2) is 0 Å². The highest BCUT2D eigenvalue weighted by Gasteiger charge is 2.28. The van der Waals surface area contributed by atoms with Crippen molar-refractivity contribution in [2.75, 3.05) is 31.6 Å². The van der Waals surface area contributed by atoms with Crippen LogP contribution < -0.4 is 15.5 Å². The average Bonchev–Trinajstić information content (AvgIpc) is 2.40. The topological polar surface area (TPSA) is 61.4 Å². The second kappa shape index (κ2) is 5.64. The Morgan fingerprint density at radius 2 is 2.11 bits per heavy atom. The molecular formula is C13H17N3O2. The molecule has 1 saturated heterocycles. The van der Waals surface area contributed by atoms with E-state index in [2.05, 4.69) is 10.6 Å². The molecule has 1 aromatic rings. The van der Waals surface area contributed by atoms with E-state index in [9.17, 15) is 9.59 Å². The Hall–Kier alpha value is -1.88. The number of carbonyl (C=O) groups is 2. The van der Waals surface area contributed by atoms with Crippen LogP contribution in [0.4, 0.5) is 5.69 Å². The molecule has 2 amide bonds. The molecule has 2 rings (SSSR count). The lowest BCUT2D eigenvalue weighted by Gasteiger charge is -2.28. The zero-order valence-electron chi connectivity index (χ0n) is 10.4. The Morgan fingerprint density at radius 1 is 1.33 bits per heavy atom. The molecule has 1 aliphatic heterocycles. The molecule has 0 saturated carbocycles. The Kier molecular flexibility index (Phi) is 3.94. The third-order valence-electron chi connectivity index (χ3n) is 2.99. The zero-order chi connectivity index (χ0) is 13.0. The number of nitrogens with one attached hydrogen (secondary N) is 2. The number of carbonyl (C=O) groups excluding carboxylic acids is 2. The third-order valence-corrected chi connectivity index (χ3v) is 2.99. The van der Waals surface area contributed by atoms with Crippen molar-refractivity contribution >= 4 is 17.5 Å². The van der Waals surface area contributed by atoms with Crippen molar-refractivity contribution in [3.8, 4) is 0 Å². The first-order valence-electron chi connectivity index (χ1n) is 6.06. The highest BCUT2D eigenvalue weighted by Crippen LogP contribution is 2.21. The van der Waals surface area contributed by atoms with Crippen molar-refractivity contribution < 1.29 is 9.59 Å². The predicted octanol–water partition coefficient (Wildman–Crippen LogP) is -0.0887. The SMILES string of the molecule is CNCCc1ccccc1N1CCNC(=O)C1=O. The molecule has 5 nitrogen and oxygen atoms in total. The Morgan fingerprint density at radius 3 is 2.89 bits per heavy atom. The highest BCUT2D eigenvalue weighted by atomic mass is 16.2. The summed E-state index contributed by atoms with van der Waals surface area (Å²) in [5.74, 6) is -0.997. The van der Waals surface area contributed by atoms with Gasteiger partial charge in [-0.1, -0.05) is 18.2 Å². The maximum Gasteiger partial charge on any atom is 0.316 e. The second-order valence-corrected chi connectivity index (χ2v) is 4.19. The summed E-state index contributed by atoms with van der Waals surface area (Å²) in [6, 6.07) is 7.72. The van der Waals surface area contributed by atoms with Crippen LogP contribution in [0.25, 0.3) is 0 Å². The van der Waals surface area contributed by atoms with Crippen LogP contribution in [0, 0.1) is 0 Å². The van der Waals surface area contributed by atoms with Crippen molar-refractivity contribution in [2.45, 2.75) is 6.42 Å². The Labute approximate surface area is 106 Å². The molecule has 0 spiro atoms. The maximum absolute atomic E-state index is 11.9. The number of piperazine rings is 1. The summed E-state index contributed by atoms with van der Waals surface area (Å²) < 4.78 is 0. The van der Waals surface area contributed by atoms with Gasteiger partial charge in [0.25, 0.3) is 0 Å². The van der Waals surface area contributed by atoms with Gasteiger partial charge >= 0.3 is 11.8 Å². The first-order valence-corrected chi connectivity index (χ1v) is 6.06. The van der Waals surface area contributed by atoms with E-state index < -0.39 is 11.8 Å². The quantitative estimate of drug-likeness (QED) is 0.731. The largest absolute Gasteiger partial charge is 0.346 e. The van der Waals surface area contributed by atoms with Gasteiger partial charge in [0.2, 0.25) is 0 Å². The molecular weight excluding hydrogens is 230 g/mol. The van der Waals surface area contributed by atoms with Crippen LogP contribution in [0.3, 0.4) is 0 Å². The van der Waals surface area contributed by atoms with Crippen molar-refractivity contribution in [3.05, 3.63) is 29.8 Å². The van der Waals surface area contributed by atoms with Crippen molar-refractivity contribution in [1.29, 1.82) is 0 Å². The van der Waals surface area contributed by atoms with Gasteiger partial charge in [0.05, 0.1) is 0 Å². The first kappa shape index (κ1) is 12.6. The highest BCUT2D eigenvalue weighted by molar-refractivity contribution is 6.41. The monoisotopic (exact) mass is 247 g/mol. The number of para-hydroxylation sites is 1. The number of rotatable bonds is 4. The summed E-state index contributed by atoms with van der Waals surface area (Å²) >= 11 is 0. The minimum absolute atomic E-state index is 0.474. The van der Waals surface area contributed by atoms with Crippen molar-refractivity contribution in [1.82, 2.24) is 10.6 Å². The predicted molar refractivity (Wildman–Crippen MR) is 69.4 cm³/mol. The minimum Gasteiger partial charge on any atom is -0.346 e. The number of hydrogen-bond acceptors (Lipinski definition) is 3. The lowest BCUT2D eigenvalue weighted by Crippen LogP contribution is -2.52. The third kappa shape index (κ3) is 2.51. The molecule has 0 radical (unpaired) electrons. The molecule has 1 heterocycles. The molecule has 0 unspecified atom stereocenters. The lowest BCUT2D eigenvalue weighted by molar-refractivity contribution is -0.138. The number of benzene rings is 1. The molecule has 1 aliphatic rings. The summed E-state index contributed by atoms with van der Waals surface area (Å²) in [5.41, 5.74) is 1.92. The van der Waals surface area contributed by atoms with E-state index in [0.29, 0.717) is 13.1 Å². The number of amides is 2. The fraction of sp³-hybridized carbons (Fsp3) is 0.385. The first-order chi connectivity index (χ1) is 8.74. The fourth-order valence-electron chi connectivity index (χ4n) is 2.06. The summed E-state index contributed by atoms with van der Waals surface area (Å²) in [6.07, 6.45) is 0.831. The van der Waals surface area contributed by atoms with Gasteiger partial charge in [0.15, 0.2) is 0 Å². The lowest BCUT2D eigenvalue weighted by atomic mass is 10.1. The van der Waals surface area contributed by atoms with E-state index in [-0.39, 0.29) is 0 Å². The Balaban J connectivity index is 2.26. The number of hydrogen-bond donors (Lipinski definition) is 2. The zero-order valence-corrected chi connectivity index (χ0v) is 10.4. The van der Waals surface area contributed by atoms with Crippen molar-refractivity contribution in [2.24, 2.45) is 0 Å². The fourth-order valence-corrected chi connectivity index (χ4v) is 2.06. The van der Waals surface area contributed by atoms with Gasteiger partial charge < -0.3 is 15.5 Å². The normalized spacial score (nSPS) is 15.7. The van der Waals surface area contributed by atoms with Crippen LogP contribution in [0.15, 0.2) is 24.3 Å². The van der Waals surface area contributed by atoms with E-state index in [0.717, 1.165) is 24.2 Å². The van der Waals surface area contributed by atoms with E-state index in [1.54, 1.807) is 4.90 Å². The van der Waals surface area contributed by atoms with E-state index in [1.165, 1.54) is 0 Å². The van der Waals surface area contributed by atoms with Crippen molar-refractivity contribution in [3.63, 3.8) is 0 Å². The molecule has 0 aliphatic carbocycles. The molecule has 0 atom stereocenters.